The molecule has 0 aliphatic heterocycles. The first-order valence-corrected chi connectivity index (χ1v) is 8.28. The van der Waals surface area contributed by atoms with E-state index in [0.717, 1.165) is 11.3 Å². The molecular formula is C12H10N4O3S2. The zero-order valence-electron chi connectivity index (χ0n) is 10.6. The molecule has 108 valence electrons. The SMILES string of the molecule is O=S(=O)(NCc1nnc(-c2ccccn2)o1)c1cccs1. The van der Waals surface area contributed by atoms with Gasteiger partial charge in [-0.05, 0) is 23.6 Å². The van der Waals surface area contributed by atoms with Crippen molar-refractivity contribution in [3.8, 4) is 11.6 Å². The van der Waals surface area contributed by atoms with Gasteiger partial charge < -0.3 is 4.42 Å². The van der Waals surface area contributed by atoms with Gasteiger partial charge in [-0.3, -0.25) is 4.98 Å². The Morgan fingerprint density at radius 1 is 1.19 bits per heavy atom. The molecule has 3 aromatic rings. The van der Waals surface area contributed by atoms with Crippen LogP contribution in [0.15, 0.2) is 50.5 Å². The van der Waals surface area contributed by atoms with E-state index >= 15 is 0 Å². The lowest BCUT2D eigenvalue weighted by molar-refractivity contribution is 0.493. The minimum absolute atomic E-state index is 0.0694. The third-order valence-corrected chi connectivity index (χ3v) is 5.32. The first-order chi connectivity index (χ1) is 10.1. The number of hydrogen-bond acceptors (Lipinski definition) is 7. The van der Waals surface area contributed by atoms with Gasteiger partial charge in [0.05, 0.1) is 6.54 Å². The number of thiophene rings is 1. The second-order valence-electron chi connectivity index (χ2n) is 3.97. The molecule has 3 heterocycles. The lowest BCUT2D eigenvalue weighted by Crippen LogP contribution is -2.22. The Balaban J connectivity index is 1.71. The molecule has 21 heavy (non-hydrogen) atoms. The molecule has 0 aliphatic carbocycles. The molecule has 0 bridgehead atoms. The van der Waals surface area contributed by atoms with Crippen LogP contribution in [0.5, 0.6) is 0 Å². The van der Waals surface area contributed by atoms with Gasteiger partial charge in [-0.15, -0.1) is 21.5 Å². The van der Waals surface area contributed by atoms with Crippen molar-refractivity contribution in [1.82, 2.24) is 19.9 Å². The number of sulfonamides is 1. The minimum Gasteiger partial charge on any atom is -0.418 e. The van der Waals surface area contributed by atoms with E-state index in [2.05, 4.69) is 19.9 Å². The van der Waals surface area contributed by atoms with Crippen molar-refractivity contribution in [1.29, 1.82) is 0 Å². The predicted molar refractivity (Wildman–Crippen MR) is 75.9 cm³/mol. The summed E-state index contributed by atoms with van der Waals surface area (Å²) in [6, 6.07) is 8.50. The zero-order valence-corrected chi connectivity index (χ0v) is 12.3. The number of nitrogens with one attached hydrogen (secondary N) is 1. The number of nitrogens with zero attached hydrogens (tertiary/aromatic N) is 3. The molecule has 3 aromatic heterocycles. The number of hydrogen-bond donors (Lipinski definition) is 1. The van der Waals surface area contributed by atoms with Crippen molar-refractivity contribution in [2.24, 2.45) is 0 Å². The van der Waals surface area contributed by atoms with E-state index in [9.17, 15) is 8.42 Å². The van der Waals surface area contributed by atoms with E-state index < -0.39 is 10.0 Å². The predicted octanol–water partition coefficient (Wildman–Crippen LogP) is 1.67. The monoisotopic (exact) mass is 322 g/mol. The number of rotatable bonds is 5. The molecule has 0 unspecified atom stereocenters. The summed E-state index contributed by atoms with van der Waals surface area (Å²) in [5, 5.41) is 9.33. The highest BCUT2D eigenvalue weighted by Crippen LogP contribution is 2.17. The second kappa shape index (κ2) is 5.72. The Kier molecular flexibility index (Phi) is 3.78. The third kappa shape index (κ3) is 3.15. The maximum Gasteiger partial charge on any atom is 0.266 e. The highest BCUT2D eigenvalue weighted by atomic mass is 32.2. The highest BCUT2D eigenvalue weighted by molar-refractivity contribution is 7.91. The van der Waals surface area contributed by atoms with Crippen LogP contribution in [0.1, 0.15) is 5.89 Å². The summed E-state index contributed by atoms with van der Waals surface area (Å²) in [7, 11) is -3.55. The lowest BCUT2D eigenvalue weighted by Gasteiger charge is -2.00. The van der Waals surface area contributed by atoms with Crippen molar-refractivity contribution in [3.05, 3.63) is 47.8 Å². The van der Waals surface area contributed by atoms with Crippen molar-refractivity contribution in [2.75, 3.05) is 0 Å². The van der Waals surface area contributed by atoms with Crippen LogP contribution in [0, 0.1) is 0 Å². The third-order valence-electron chi connectivity index (χ3n) is 2.52. The Labute approximate surface area is 124 Å². The number of pyridine rings is 1. The highest BCUT2D eigenvalue weighted by Gasteiger charge is 2.17. The van der Waals surface area contributed by atoms with E-state index in [4.69, 9.17) is 4.42 Å². The maximum absolute atomic E-state index is 11.9. The molecular weight excluding hydrogens is 312 g/mol. The van der Waals surface area contributed by atoms with E-state index in [1.807, 2.05) is 0 Å². The average molecular weight is 322 g/mol. The topological polar surface area (TPSA) is 98.0 Å². The minimum atomic E-state index is -3.55. The van der Waals surface area contributed by atoms with Gasteiger partial charge in [0.2, 0.25) is 5.89 Å². The first-order valence-electron chi connectivity index (χ1n) is 5.92. The zero-order chi connectivity index (χ0) is 14.7. The van der Waals surface area contributed by atoms with Gasteiger partial charge in [0.25, 0.3) is 15.9 Å². The van der Waals surface area contributed by atoms with Crippen molar-refractivity contribution < 1.29 is 12.8 Å². The van der Waals surface area contributed by atoms with Crippen molar-refractivity contribution in [2.45, 2.75) is 10.8 Å². The van der Waals surface area contributed by atoms with Crippen LogP contribution >= 0.6 is 11.3 Å². The van der Waals surface area contributed by atoms with Crippen molar-refractivity contribution in [3.63, 3.8) is 0 Å². The molecule has 7 nitrogen and oxygen atoms in total. The van der Waals surface area contributed by atoms with Gasteiger partial charge in [-0.2, -0.15) is 0 Å². The Morgan fingerprint density at radius 2 is 2.10 bits per heavy atom. The Hall–Kier alpha value is -2.10. The fourth-order valence-corrected chi connectivity index (χ4v) is 3.57. The molecule has 0 radical (unpaired) electrons. The molecule has 0 spiro atoms. The molecule has 0 aliphatic rings. The van der Waals surface area contributed by atoms with Crippen LogP contribution in [-0.2, 0) is 16.6 Å². The molecule has 0 fully saturated rings. The smallest absolute Gasteiger partial charge is 0.266 e. The molecule has 0 amide bonds. The van der Waals surface area contributed by atoms with Crippen molar-refractivity contribution >= 4 is 21.4 Å². The standard InChI is InChI=1S/C12H10N4O3S2/c17-21(18,11-5-3-7-20-11)14-8-10-15-16-12(19-10)9-4-1-2-6-13-9/h1-7,14H,8H2. The molecule has 3 rings (SSSR count). The fraction of sp³-hybridized carbons (Fsp3) is 0.0833. The van der Waals surface area contributed by atoms with Crippen LogP contribution < -0.4 is 4.72 Å². The van der Waals surface area contributed by atoms with E-state index in [1.54, 1.807) is 35.8 Å². The second-order valence-corrected chi connectivity index (χ2v) is 6.91. The Bertz CT molecular complexity index is 813. The van der Waals surface area contributed by atoms with Gasteiger partial charge in [-0.25, -0.2) is 13.1 Å². The summed E-state index contributed by atoms with van der Waals surface area (Å²) in [6.45, 7) is -0.0694. The van der Waals surface area contributed by atoms with Crippen LogP contribution in [0.3, 0.4) is 0 Å². The maximum atomic E-state index is 11.9. The molecule has 9 heteroatoms. The van der Waals surface area contributed by atoms with Crippen LogP contribution in [-0.4, -0.2) is 23.6 Å². The molecule has 0 aromatic carbocycles. The van der Waals surface area contributed by atoms with Gasteiger partial charge in [0.15, 0.2) is 0 Å². The lowest BCUT2D eigenvalue weighted by atomic mass is 10.3. The van der Waals surface area contributed by atoms with Gasteiger partial charge in [0.1, 0.15) is 9.90 Å². The summed E-state index contributed by atoms with van der Waals surface area (Å²) in [4.78, 5) is 4.08. The summed E-state index contributed by atoms with van der Waals surface area (Å²) >= 11 is 1.14. The van der Waals surface area contributed by atoms with E-state index in [-0.39, 0.29) is 22.5 Å². The summed E-state index contributed by atoms with van der Waals surface area (Å²) in [5.74, 6) is 0.428. The van der Waals surface area contributed by atoms with E-state index in [1.165, 1.54) is 6.07 Å². The number of aromatic nitrogens is 3. The van der Waals surface area contributed by atoms with E-state index in [0.29, 0.717) is 5.69 Å². The van der Waals surface area contributed by atoms with Crippen LogP contribution in [0.2, 0.25) is 0 Å². The van der Waals surface area contributed by atoms with Gasteiger partial charge >= 0.3 is 0 Å². The fourth-order valence-electron chi connectivity index (χ4n) is 1.56. The molecule has 0 saturated carbocycles. The normalized spacial score (nSPS) is 11.6. The van der Waals surface area contributed by atoms with Gasteiger partial charge in [0, 0.05) is 6.20 Å². The molecule has 1 N–H and O–H groups in total. The largest absolute Gasteiger partial charge is 0.418 e. The average Bonchev–Trinajstić information content (AvgIpc) is 3.18. The molecule has 0 atom stereocenters. The quantitative estimate of drug-likeness (QED) is 0.767. The first kappa shape index (κ1) is 13.9. The van der Waals surface area contributed by atoms with Gasteiger partial charge in [-0.1, -0.05) is 12.1 Å². The summed E-state index contributed by atoms with van der Waals surface area (Å²) in [5.41, 5.74) is 0.539. The summed E-state index contributed by atoms with van der Waals surface area (Å²) < 4.78 is 31.9. The van der Waals surface area contributed by atoms with Crippen LogP contribution in [0.4, 0.5) is 0 Å². The molecule has 0 saturated heterocycles. The summed E-state index contributed by atoms with van der Waals surface area (Å²) in [6.07, 6.45) is 1.61. The van der Waals surface area contributed by atoms with Crippen LogP contribution in [0.25, 0.3) is 11.6 Å². The Morgan fingerprint density at radius 3 is 2.81 bits per heavy atom.